The van der Waals surface area contributed by atoms with E-state index in [2.05, 4.69) is 15.4 Å². The van der Waals surface area contributed by atoms with Crippen molar-refractivity contribution >= 4 is 18.0 Å². The van der Waals surface area contributed by atoms with Crippen LogP contribution >= 0.6 is 0 Å². The van der Waals surface area contributed by atoms with Gasteiger partial charge in [-0.15, -0.1) is 0 Å². The third kappa shape index (κ3) is 5.24. The Morgan fingerprint density at radius 1 is 1.29 bits per heavy atom. The fourth-order valence-corrected chi connectivity index (χ4v) is 2.62. The highest BCUT2D eigenvalue weighted by atomic mass is 16.5. The summed E-state index contributed by atoms with van der Waals surface area (Å²) in [4.78, 5) is 34.7. The van der Waals surface area contributed by atoms with Gasteiger partial charge in [0.1, 0.15) is 6.04 Å². The minimum atomic E-state index is -0.899. The Morgan fingerprint density at radius 2 is 1.95 bits per heavy atom. The number of hydrogen-bond donors (Lipinski definition) is 3. The van der Waals surface area contributed by atoms with Gasteiger partial charge in [-0.1, -0.05) is 20.3 Å². The summed E-state index contributed by atoms with van der Waals surface area (Å²) >= 11 is 0. The predicted molar refractivity (Wildman–Crippen MR) is 75.7 cm³/mol. The number of carbonyl (C=O) groups is 3. The largest absolute Gasteiger partial charge is 0.481 e. The highest BCUT2D eigenvalue weighted by Crippen LogP contribution is 2.25. The van der Waals surface area contributed by atoms with Crippen LogP contribution in [0.2, 0.25) is 0 Å². The van der Waals surface area contributed by atoms with Crippen molar-refractivity contribution in [1.29, 1.82) is 0 Å². The molecular formula is C14H24N2O5. The van der Waals surface area contributed by atoms with Crippen LogP contribution in [0.3, 0.4) is 0 Å². The van der Waals surface area contributed by atoms with Crippen LogP contribution in [0.1, 0.15) is 39.5 Å². The topological polar surface area (TPSA) is 105 Å². The lowest BCUT2D eigenvalue weighted by molar-refractivity contribution is -0.144. The molecule has 0 saturated heterocycles. The normalized spacial score (nSPS) is 22.7. The molecule has 1 aliphatic carbocycles. The van der Waals surface area contributed by atoms with Gasteiger partial charge in [-0.3, -0.25) is 4.79 Å². The molecule has 0 bridgehead atoms. The summed E-state index contributed by atoms with van der Waals surface area (Å²) in [5.74, 6) is -1.74. The molecule has 0 heterocycles. The van der Waals surface area contributed by atoms with Gasteiger partial charge >= 0.3 is 18.0 Å². The third-order valence-electron chi connectivity index (χ3n) is 3.65. The van der Waals surface area contributed by atoms with Gasteiger partial charge in [0, 0.05) is 6.04 Å². The minimum Gasteiger partial charge on any atom is -0.481 e. The predicted octanol–water partition coefficient (Wildman–Crippen LogP) is 1.13. The van der Waals surface area contributed by atoms with Crippen LogP contribution in [0.5, 0.6) is 0 Å². The first-order valence-electron chi connectivity index (χ1n) is 7.22. The van der Waals surface area contributed by atoms with Crippen LogP contribution in [0.4, 0.5) is 4.79 Å². The molecule has 7 nitrogen and oxygen atoms in total. The van der Waals surface area contributed by atoms with Crippen molar-refractivity contribution in [2.45, 2.75) is 51.6 Å². The molecule has 1 fully saturated rings. The summed E-state index contributed by atoms with van der Waals surface area (Å²) in [6, 6.07) is -1.64. The van der Waals surface area contributed by atoms with Gasteiger partial charge in [0.25, 0.3) is 0 Å². The molecule has 120 valence electrons. The highest BCUT2D eigenvalue weighted by molar-refractivity contribution is 5.84. The molecule has 3 unspecified atom stereocenters. The fourth-order valence-electron chi connectivity index (χ4n) is 2.62. The molecule has 0 spiro atoms. The highest BCUT2D eigenvalue weighted by Gasteiger charge is 2.34. The van der Waals surface area contributed by atoms with Crippen molar-refractivity contribution in [3.63, 3.8) is 0 Å². The summed E-state index contributed by atoms with van der Waals surface area (Å²) in [5.41, 5.74) is 0. The molecule has 0 aromatic carbocycles. The molecule has 1 saturated carbocycles. The lowest BCUT2D eigenvalue weighted by Crippen LogP contribution is -2.51. The molecular weight excluding hydrogens is 276 g/mol. The first-order valence-corrected chi connectivity index (χ1v) is 7.22. The molecule has 0 aromatic heterocycles. The fraction of sp³-hybridized carbons (Fsp3) is 0.786. The van der Waals surface area contributed by atoms with E-state index in [9.17, 15) is 14.4 Å². The van der Waals surface area contributed by atoms with Crippen LogP contribution in [0.25, 0.3) is 0 Å². The number of carbonyl (C=O) groups excluding carboxylic acids is 2. The Morgan fingerprint density at radius 3 is 2.48 bits per heavy atom. The van der Waals surface area contributed by atoms with Crippen molar-refractivity contribution < 1.29 is 24.2 Å². The summed E-state index contributed by atoms with van der Waals surface area (Å²) < 4.78 is 4.67. The molecule has 0 aliphatic heterocycles. The Labute approximate surface area is 124 Å². The van der Waals surface area contributed by atoms with Crippen LogP contribution in [0, 0.1) is 11.8 Å². The zero-order chi connectivity index (χ0) is 16.0. The van der Waals surface area contributed by atoms with Crippen LogP contribution < -0.4 is 10.6 Å². The molecule has 7 heteroatoms. The van der Waals surface area contributed by atoms with Gasteiger partial charge in [0.15, 0.2) is 0 Å². The quantitative estimate of drug-likeness (QED) is 0.638. The van der Waals surface area contributed by atoms with Crippen LogP contribution in [-0.2, 0) is 14.3 Å². The van der Waals surface area contributed by atoms with E-state index >= 15 is 0 Å². The lowest BCUT2D eigenvalue weighted by atomic mass is 10.0. The van der Waals surface area contributed by atoms with Gasteiger partial charge < -0.3 is 20.5 Å². The van der Waals surface area contributed by atoms with E-state index in [4.69, 9.17) is 5.11 Å². The Hall–Kier alpha value is -1.79. The average Bonchev–Trinajstić information content (AvgIpc) is 2.84. The maximum absolute atomic E-state index is 12.0. The third-order valence-corrected chi connectivity index (χ3v) is 3.65. The molecule has 0 radical (unpaired) electrons. The summed E-state index contributed by atoms with van der Waals surface area (Å²) in [6.07, 6.45) is 2.44. The number of rotatable bonds is 6. The minimum absolute atomic E-state index is 0.215. The molecule has 3 atom stereocenters. The molecule has 1 aliphatic rings. The van der Waals surface area contributed by atoms with Gasteiger partial charge in [-0.2, -0.15) is 0 Å². The number of esters is 1. The SMILES string of the molecule is COC(=O)C(CC(C)C)NC(=O)NC1CCCC1C(=O)O. The molecule has 3 N–H and O–H groups in total. The zero-order valence-corrected chi connectivity index (χ0v) is 12.7. The molecule has 2 amide bonds. The maximum atomic E-state index is 12.0. The number of carboxylic acid groups (broad SMARTS) is 1. The van der Waals surface area contributed by atoms with Crippen molar-refractivity contribution in [2.75, 3.05) is 7.11 Å². The summed E-state index contributed by atoms with van der Waals surface area (Å²) in [5, 5.41) is 14.3. The van der Waals surface area contributed by atoms with E-state index < -0.39 is 29.9 Å². The van der Waals surface area contributed by atoms with Crippen molar-refractivity contribution in [2.24, 2.45) is 11.8 Å². The van der Waals surface area contributed by atoms with E-state index in [0.717, 1.165) is 6.42 Å². The van der Waals surface area contributed by atoms with E-state index in [1.54, 1.807) is 0 Å². The number of urea groups is 1. The van der Waals surface area contributed by atoms with Crippen LogP contribution in [-0.4, -0.2) is 42.3 Å². The second kappa shape index (κ2) is 7.85. The Bertz CT molecular complexity index is 397. The number of carboxylic acids is 1. The van der Waals surface area contributed by atoms with E-state index in [1.165, 1.54) is 7.11 Å². The number of ether oxygens (including phenoxy) is 1. The van der Waals surface area contributed by atoms with Gasteiger partial charge in [-0.05, 0) is 25.2 Å². The molecule has 0 aromatic rings. The lowest BCUT2D eigenvalue weighted by Gasteiger charge is -2.22. The van der Waals surface area contributed by atoms with E-state index in [-0.39, 0.29) is 12.0 Å². The number of nitrogens with one attached hydrogen (secondary N) is 2. The van der Waals surface area contributed by atoms with Gasteiger partial charge in [-0.25, -0.2) is 9.59 Å². The van der Waals surface area contributed by atoms with Crippen LogP contribution in [0.15, 0.2) is 0 Å². The first kappa shape index (κ1) is 17.3. The summed E-state index contributed by atoms with van der Waals surface area (Å²) in [6.45, 7) is 3.87. The van der Waals surface area contributed by atoms with E-state index in [0.29, 0.717) is 19.3 Å². The Balaban J connectivity index is 2.57. The Kier molecular flexibility index (Phi) is 6.45. The number of methoxy groups -OCH3 is 1. The number of aliphatic carboxylic acids is 1. The second-order valence-corrected chi connectivity index (χ2v) is 5.81. The van der Waals surface area contributed by atoms with Gasteiger partial charge in [0.2, 0.25) is 0 Å². The molecule has 21 heavy (non-hydrogen) atoms. The summed E-state index contributed by atoms with van der Waals surface area (Å²) in [7, 11) is 1.27. The van der Waals surface area contributed by atoms with Crippen molar-refractivity contribution in [3.8, 4) is 0 Å². The maximum Gasteiger partial charge on any atom is 0.328 e. The average molecular weight is 300 g/mol. The van der Waals surface area contributed by atoms with Crippen molar-refractivity contribution in [1.82, 2.24) is 10.6 Å². The monoisotopic (exact) mass is 300 g/mol. The second-order valence-electron chi connectivity index (χ2n) is 5.81. The number of amides is 2. The van der Waals surface area contributed by atoms with E-state index in [1.807, 2.05) is 13.8 Å². The smallest absolute Gasteiger partial charge is 0.328 e. The number of hydrogen-bond acceptors (Lipinski definition) is 4. The van der Waals surface area contributed by atoms with Gasteiger partial charge in [0.05, 0.1) is 13.0 Å². The molecule has 1 rings (SSSR count). The zero-order valence-electron chi connectivity index (χ0n) is 12.7. The van der Waals surface area contributed by atoms with Crippen molar-refractivity contribution in [3.05, 3.63) is 0 Å². The first-order chi connectivity index (χ1) is 9.85. The standard InChI is InChI=1S/C14H24N2O5/c1-8(2)7-11(13(19)21-3)16-14(20)15-10-6-4-5-9(10)12(17)18/h8-11H,4-7H2,1-3H3,(H,17,18)(H2,15,16,20).